The number of nitrogens with zero attached hydrogens (tertiary/aromatic N) is 1. The van der Waals surface area contributed by atoms with E-state index in [1.807, 2.05) is 0 Å². The highest BCUT2D eigenvalue weighted by atomic mass is 16.5. The fourth-order valence-corrected chi connectivity index (χ4v) is 2.89. The maximum absolute atomic E-state index is 12.4. The number of ether oxygens (including phenoxy) is 2. The summed E-state index contributed by atoms with van der Waals surface area (Å²) in [4.78, 5) is 25.4. The first-order valence-corrected chi connectivity index (χ1v) is 6.11. The summed E-state index contributed by atoms with van der Waals surface area (Å²) >= 11 is 0. The molecular formula is C12H15NO5. The Morgan fingerprint density at radius 3 is 2.33 bits per heavy atom. The summed E-state index contributed by atoms with van der Waals surface area (Å²) in [5.41, 5.74) is 0. The van der Waals surface area contributed by atoms with Crippen LogP contribution in [0, 0.1) is 11.8 Å². The highest BCUT2D eigenvalue weighted by Crippen LogP contribution is 2.40. The van der Waals surface area contributed by atoms with E-state index in [0.717, 1.165) is 0 Å². The van der Waals surface area contributed by atoms with E-state index in [4.69, 9.17) is 9.47 Å². The van der Waals surface area contributed by atoms with Crippen LogP contribution in [-0.4, -0.2) is 60.4 Å². The van der Waals surface area contributed by atoms with E-state index in [9.17, 15) is 14.7 Å². The zero-order chi connectivity index (χ0) is 12.7. The normalized spacial score (nSPS) is 38.1. The summed E-state index contributed by atoms with van der Waals surface area (Å²) in [6, 6.07) is 0. The van der Waals surface area contributed by atoms with Crippen LogP contribution in [0.2, 0.25) is 0 Å². The number of carbonyl (C=O) groups is 2. The molecule has 0 aromatic heterocycles. The zero-order valence-electron chi connectivity index (χ0n) is 9.82. The number of hydrogen-bond acceptors (Lipinski definition) is 4. The summed E-state index contributed by atoms with van der Waals surface area (Å²) in [5.74, 6) is -2.42. The van der Waals surface area contributed by atoms with Crippen LogP contribution in [0.15, 0.2) is 12.2 Å². The minimum atomic E-state index is -0.960. The quantitative estimate of drug-likeness (QED) is 0.671. The van der Waals surface area contributed by atoms with Gasteiger partial charge in [0.05, 0.1) is 31.3 Å². The third-order valence-electron chi connectivity index (χ3n) is 3.79. The molecule has 2 bridgehead atoms. The average molecular weight is 253 g/mol. The van der Waals surface area contributed by atoms with Crippen LogP contribution in [-0.2, 0) is 19.1 Å². The lowest BCUT2D eigenvalue weighted by Crippen LogP contribution is -2.48. The highest BCUT2D eigenvalue weighted by molar-refractivity contribution is 5.87. The van der Waals surface area contributed by atoms with E-state index in [0.29, 0.717) is 26.3 Å². The van der Waals surface area contributed by atoms with E-state index in [-0.39, 0.29) is 12.0 Å². The van der Waals surface area contributed by atoms with Crippen molar-refractivity contribution < 1.29 is 24.2 Å². The third kappa shape index (κ3) is 1.72. The van der Waals surface area contributed by atoms with Crippen LogP contribution in [0.25, 0.3) is 0 Å². The second-order valence-electron chi connectivity index (χ2n) is 4.78. The number of morpholine rings is 1. The molecule has 0 aliphatic carbocycles. The molecular weight excluding hydrogens is 238 g/mol. The van der Waals surface area contributed by atoms with Crippen molar-refractivity contribution >= 4 is 11.9 Å². The molecule has 6 nitrogen and oxygen atoms in total. The number of carboxylic acids is 1. The number of fused-ring (bicyclic) bond motifs is 2. The van der Waals surface area contributed by atoms with Gasteiger partial charge in [-0.05, 0) is 0 Å². The fraction of sp³-hybridized carbons (Fsp3) is 0.667. The molecule has 0 aromatic carbocycles. The molecule has 0 spiro atoms. The van der Waals surface area contributed by atoms with Gasteiger partial charge in [-0.2, -0.15) is 0 Å². The van der Waals surface area contributed by atoms with Crippen molar-refractivity contribution in [3.05, 3.63) is 12.2 Å². The first-order chi connectivity index (χ1) is 8.68. The number of amides is 1. The Morgan fingerprint density at radius 2 is 1.72 bits per heavy atom. The molecule has 2 fully saturated rings. The molecule has 3 rings (SSSR count). The molecule has 0 aromatic rings. The van der Waals surface area contributed by atoms with E-state index in [1.165, 1.54) is 0 Å². The van der Waals surface area contributed by atoms with Crippen molar-refractivity contribution in [1.29, 1.82) is 0 Å². The molecule has 3 aliphatic rings. The molecule has 1 amide bonds. The van der Waals surface area contributed by atoms with Gasteiger partial charge in [-0.3, -0.25) is 9.59 Å². The summed E-state index contributed by atoms with van der Waals surface area (Å²) in [7, 11) is 0. The second kappa shape index (κ2) is 4.37. The SMILES string of the molecule is O=C(O)[C@@H]1[C@@H](C(=O)N2CCOCC2)[C@H]2C=C[C@@H]1O2. The first kappa shape index (κ1) is 11.7. The molecule has 2 saturated heterocycles. The van der Waals surface area contributed by atoms with Crippen molar-refractivity contribution in [2.45, 2.75) is 12.2 Å². The molecule has 6 heteroatoms. The maximum atomic E-state index is 12.4. The molecule has 98 valence electrons. The summed E-state index contributed by atoms with van der Waals surface area (Å²) in [6.45, 7) is 2.09. The summed E-state index contributed by atoms with van der Waals surface area (Å²) in [6.07, 6.45) is 2.70. The van der Waals surface area contributed by atoms with Gasteiger partial charge in [-0.15, -0.1) is 0 Å². The van der Waals surface area contributed by atoms with E-state index < -0.39 is 23.9 Å². The van der Waals surface area contributed by atoms with Gasteiger partial charge in [0.1, 0.15) is 5.92 Å². The van der Waals surface area contributed by atoms with Crippen LogP contribution in [0.3, 0.4) is 0 Å². The Balaban J connectivity index is 1.79. The van der Waals surface area contributed by atoms with E-state index in [2.05, 4.69) is 0 Å². The standard InChI is InChI=1S/C12H15NO5/c14-11(13-3-5-17-6-4-13)9-7-1-2-8(18-7)10(9)12(15)16/h1-2,7-10H,3-6H2,(H,15,16)/t7-,8+,9+,10+/m1/s1. The van der Waals surface area contributed by atoms with E-state index >= 15 is 0 Å². The largest absolute Gasteiger partial charge is 0.481 e. The lowest BCUT2D eigenvalue weighted by molar-refractivity contribution is -0.151. The van der Waals surface area contributed by atoms with Gasteiger partial charge in [0.25, 0.3) is 0 Å². The van der Waals surface area contributed by atoms with Gasteiger partial charge < -0.3 is 19.5 Å². The highest BCUT2D eigenvalue weighted by Gasteiger charge is 2.54. The Bertz CT molecular complexity index is 401. The third-order valence-corrected chi connectivity index (χ3v) is 3.79. The number of hydrogen-bond donors (Lipinski definition) is 1. The van der Waals surface area contributed by atoms with Crippen molar-refractivity contribution in [2.75, 3.05) is 26.3 Å². The van der Waals surface area contributed by atoms with Crippen molar-refractivity contribution in [3.8, 4) is 0 Å². The van der Waals surface area contributed by atoms with Crippen LogP contribution < -0.4 is 0 Å². The molecule has 1 N–H and O–H groups in total. The Morgan fingerprint density at radius 1 is 1.11 bits per heavy atom. The number of carboxylic acid groups (broad SMARTS) is 1. The van der Waals surface area contributed by atoms with Crippen LogP contribution in [0.1, 0.15) is 0 Å². The predicted octanol–water partition coefficient (Wildman–Crippen LogP) is -0.501. The average Bonchev–Trinajstić information content (AvgIpc) is 2.99. The van der Waals surface area contributed by atoms with Crippen LogP contribution in [0.5, 0.6) is 0 Å². The molecule has 3 aliphatic heterocycles. The molecule has 0 unspecified atom stereocenters. The molecule has 4 atom stereocenters. The Kier molecular flexibility index (Phi) is 2.83. The van der Waals surface area contributed by atoms with E-state index in [1.54, 1.807) is 17.1 Å². The molecule has 18 heavy (non-hydrogen) atoms. The smallest absolute Gasteiger partial charge is 0.310 e. The Labute approximate surface area is 104 Å². The van der Waals surface area contributed by atoms with Crippen LogP contribution in [0.4, 0.5) is 0 Å². The van der Waals surface area contributed by atoms with Gasteiger partial charge in [0.15, 0.2) is 0 Å². The maximum Gasteiger partial charge on any atom is 0.310 e. The van der Waals surface area contributed by atoms with Gasteiger partial charge in [-0.25, -0.2) is 0 Å². The first-order valence-electron chi connectivity index (χ1n) is 6.11. The van der Waals surface area contributed by atoms with Gasteiger partial charge in [0.2, 0.25) is 5.91 Å². The minimum Gasteiger partial charge on any atom is -0.481 e. The van der Waals surface area contributed by atoms with Crippen molar-refractivity contribution in [1.82, 2.24) is 4.90 Å². The molecule has 0 radical (unpaired) electrons. The lowest BCUT2D eigenvalue weighted by Gasteiger charge is -2.31. The monoisotopic (exact) mass is 253 g/mol. The predicted molar refractivity (Wildman–Crippen MR) is 59.8 cm³/mol. The summed E-state index contributed by atoms with van der Waals surface area (Å²) in [5, 5.41) is 9.24. The van der Waals surface area contributed by atoms with Gasteiger partial charge >= 0.3 is 5.97 Å². The number of aliphatic carboxylic acids is 1. The number of rotatable bonds is 2. The summed E-state index contributed by atoms with van der Waals surface area (Å²) < 4.78 is 10.7. The molecule has 0 saturated carbocycles. The Hall–Kier alpha value is -1.40. The second-order valence-corrected chi connectivity index (χ2v) is 4.78. The lowest BCUT2D eigenvalue weighted by atomic mass is 9.82. The minimum absolute atomic E-state index is 0.123. The van der Waals surface area contributed by atoms with Crippen LogP contribution >= 0.6 is 0 Å². The van der Waals surface area contributed by atoms with Gasteiger partial charge in [0, 0.05) is 13.1 Å². The van der Waals surface area contributed by atoms with Crippen molar-refractivity contribution in [2.24, 2.45) is 11.8 Å². The topological polar surface area (TPSA) is 76.1 Å². The molecule has 3 heterocycles. The van der Waals surface area contributed by atoms with Gasteiger partial charge in [-0.1, -0.05) is 12.2 Å². The fourth-order valence-electron chi connectivity index (χ4n) is 2.89. The zero-order valence-corrected chi connectivity index (χ0v) is 9.82. The van der Waals surface area contributed by atoms with Crippen molar-refractivity contribution in [3.63, 3.8) is 0 Å². The number of carbonyl (C=O) groups excluding carboxylic acids is 1.